The van der Waals surface area contributed by atoms with Crippen LogP contribution in [0.4, 0.5) is 5.69 Å². The van der Waals surface area contributed by atoms with Crippen LogP contribution in [-0.2, 0) is 23.9 Å². The van der Waals surface area contributed by atoms with Gasteiger partial charge in [0.25, 0.3) is 11.8 Å². The lowest BCUT2D eigenvalue weighted by molar-refractivity contribution is -0.136. The third-order valence-electron chi connectivity index (χ3n) is 9.71. The molecule has 0 aliphatic carbocycles. The molecule has 3 aliphatic rings. The smallest absolute Gasteiger partial charge is 0.264 e. The van der Waals surface area contributed by atoms with Gasteiger partial charge in [-0.15, -0.1) is 21.5 Å². The summed E-state index contributed by atoms with van der Waals surface area (Å²) in [6.45, 7) is 7.85. The predicted octanol–water partition coefficient (Wildman–Crippen LogP) is 3.85. The number of ether oxygens (including phenoxy) is 2. The van der Waals surface area contributed by atoms with Crippen LogP contribution in [0.5, 0.6) is 0 Å². The Hall–Kier alpha value is -5.29. The number of nitrogens with zero attached hydrogens (tertiary/aromatic N) is 5. The van der Waals surface area contributed by atoms with Crippen molar-refractivity contribution < 1.29 is 33.4 Å². The van der Waals surface area contributed by atoms with Gasteiger partial charge in [0.2, 0.25) is 17.7 Å². The monoisotopic (exact) mass is 786 g/mol. The molecule has 17 heteroatoms. The second-order valence-electron chi connectivity index (χ2n) is 13.3. The Balaban J connectivity index is 0.863. The molecule has 15 nitrogen and oxygen atoms in total. The van der Waals surface area contributed by atoms with Crippen molar-refractivity contribution in [1.82, 2.24) is 30.3 Å². The minimum Gasteiger partial charge on any atom is -0.382 e. The molecule has 5 amide bonds. The molecule has 2 atom stereocenters. The summed E-state index contributed by atoms with van der Waals surface area (Å²) >= 11 is 7.86. The number of nitrogens with one attached hydrogen (secondary N) is 3. The quantitative estimate of drug-likeness (QED) is 0.125. The summed E-state index contributed by atoms with van der Waals surface area (Å²) in [5.41, 5.74) is 4.63. The van der Waals surface area contributed by atoms with Gasteiger partial charge in [0, 0.05) is 46.2 Å². The lowest BCUT2D eigenvalue weighted by Crippen LogP contribution is -2.54. The van der Waals surface area contributed by atoms with E-state index in [2.05, 4.69) is 40.0 Å². The molecule has 0 bridgehead atoms. The number of carbonyl (C=O) groups excluding carboxylic acids is 5. The first-order valence-electron chi connectivity index (χ1n) is 17.9. The molecule has 1 unspecified atom stereocenters. The van der Waals surface area contributed by atoms with E-state index in [0.29, 0.717) is 49.4 Å². The summed E-state index contributed by atoms with van der Waals surface area (Å²) in [7, 11) is 0. The SMILES string of the molecule is Cc1sc2c(c1C)C(c1ccc(Cl)cc1)=N[C@@H](CC(=O)NCCOCCOCCNc1cccc3c1C(=O)N(C1CCC(=O)NC1=O)C3=O)c1nnc(C)n1-2. The fraction of sp³-hybridized carbons (Fsp3) is 0.368. The Kier molecular flexibility index (Phi) is 11.2. The molecule has 7 rings (SSSR count). The summed E-state index contributed by atoms with van der Waals surface area (Å²) in [6, 6.07) is 10.8. The Morgan fingerprint density at radius 1 is 0.945 bits per heavy atom. The Morgan fingerprint density at radius 2 is 1.69 bits per heavy atom. The minimum atomic E-state index is -1.03. The van der Waals surface area contributed by atoms with Gasteiger partial charge in [0.15, 0.2) is 5.82 Å². The number of aryl methyl sites for hydroxylation is 2. The molecule has 0 saturated carbocycles. The highest BCUT2D eigenvalue weighted by atomic mass is 35.5. The first-order valence-corrected chi connectivity index (χ1v) is 19.1. The fourth-order valence-corrected chi connectivity index (χ4v) is 8.22. The summed E-state index contributed by atoms with van der Waals surface area (Å²) in [6.07, 6.45) is 0.206. The van der Waals surface area contributed by atoms with E-state index < -0.39 is 35.7 Å². The number of benzene rings is 2. The maximum absolute atomic E-state index is 13.3. The van der Waals surface area contributed by atoms with E-state index in [-0.39, 0.29) is 42.9 Å². The number of rotatable bonds is 14. The topological polar surface area (TPSA) is 186 Å². The Bertz CT molecular complexity index is 2220. The summed E-state index contributed by atoms with van der Waals surface area (Å²) < 4.78 is 13.3. The first-order chi connectivity index (χ1) is 26.5. The van der Waals surface area contributed by atoms with Crippen molar-refractivity contribution in [3.63, 3.8) is 0 Å². The van der Waals surface area contributed by atoms with Gasteiger partial charge >= 0.3 is 0 Å². The van der Waals surface area contributed by atoms with Crippen LogP contribution in [-0.4, -0.2) is 100 Å². The van der Waals surface area contributed by atoms with Crippen molar-refractivity contribution in [2.45, 2.75) is 52.1 Å². The van der Waals surface area contributed by atoms with E-state index in [1.54, 1.807) is 29.5 Å². The number of aromatic nitrogens is 3. The van der Waals surface area contributed by atoms with Crippen molar-refractivity contribution in [2.24, 2.45) is 4.99 Å². The highest BCUT2D eigenvalue weighted by Crippen LogP contribution is 2.39. The lowest BCUT2D eigenvalue weighted by Gasteiger charge is -2.27. The zero-order valence-electron chi connectivity index (χ0n) is 30.4. The number of anilines is 1. The standard InChI is InChI=1S/C38H39ClN8O7S/c1-20-21(2)55-38-31(20)33(23-7-9-24(39)10-8-23)42-27(34-45-44-22(3)46(34)38)19-30(49)41-14-16-54-18-17-53-15-13-40-26-6-4-5-25-32(26)37(52)47(36(25)51)28-11-12-29(48)43-35(28)50/h4-10,27-28,40H,11-19H2,1-3H3,(H,41,49)(H,43,48,50)/t27-,28?/m0/s1. The van der Waals surface area contributed by atoms with E-state index in [1.165, 1.54) is 0 Å². The lowest BCUT2D eigenvalue weighted by atomic mass is 9.99. The van der Waals surface area contributed by atoms with Gasteiger partial charge in [-0.2, -0.15) is 0 Å². The maximum atomic E-state index is 13.3. The molecule has 0 radical (unpaired) electrons. The van der Waals surface area contributed by atoms with Crippen LogP contribution in [0.15, 0.2) is 47.5 Å². The van der Waals surface area contributed by atoms with Gasteiger partial charge < -0.3 is 20.1 Å². The molecule has 0 spiro atoms. The maximum Gasteiger partial charge on any atom is 0.264 e. The molecule has 3 N–H and O–H groups in total. The second kappa shape index (κ2) is 16.2. The molecule has 1 saturated heterocycles. The van der Waals surface area contributed by atoms with E-state index in [1.807, 2.05) is 35.8 Å². The average Bonchev–Trinajstić information content (AvgIpc) is 3.74. The van der Waals surface area contributed by atoms with E-state index in [0.717, 1.165) is 43.0 Å². The van der Waals surface area contributed by atoms with Crippen LogP contribution >= 0.6 is 22.9 Å². The van der Waals surface area contributed by atoms with Crippen LogP contribution in [0, 0.1) is 20.8 Å². The number of thiophene rings is 1. The highest BCUT2D eigenvalue weighted by molar-refractivity contribution is 7.15. The molecule has 286 valence electrons. The average molecular weight is 787 g/mol. The van der Waals surface area contributed by atoms with Gasteiger partial charge in [-0.1, -0.05) is 29.8 Å². The molecule has 2 aromatic carbocycles. The number of fused-ring (bicyclic) bond motifs is 4. The number of imide groups is 2. The Labute approximate surface area is 325 Å². The van der Waals surface area contributed by atoms with Crippen LogP contribution in [0.25, 0.3) is 5.00 Å². The van der Waals surface area contributed by atoms with E-state index in [4.69, 9.17) is 26.1 Å². The van der Waals surface area contributed by atoms with E-state index in [9.17, 15) is 24.0 Å². The van der Waals surface area contributed by atoms with E-state index >= 15 is 0 Å². The molecule has 55 heavy (non-hydrogen) atoms. The predicted molar refractivity (Wildman–Crippen MR) is 204 cm³/mol. The number of halogens is 1. The molecule has 3 aliphatic heterocycles. The number of aliphatic imine (C=N–C) groups is 1. The van der Waals surface area contributed by atoms with Crippen LogP contribution in [0.3, 0.4) is 0 Å². The summed E-state index contributed by atoms with van der Waals surface area (Å²) in [5, 5.41) is 18.7. The fourth-order valence-electron chi connectivity index (χ4n) is 6.89. The summed E-state index contributed by atoms with van der Waals surface area (Å²) in [5.74, 6) is -1.10. The first kappa shape index (κ1) is 38.0. The highest BCUT2D eigenvalue weighted by Gasteiger charge is 2.45. The second-order valence-corrected chi connectivity index (χ2v) is 14.9. The van der Waals surface area contributed by atoms with Crippen molar-refractivity contribution in [3.05, 3.63) is 91.8 Å². The number of amides is 5. The molecular weight excluding hydrogens is 748 g/mol. The minimum absolute atomic E-state index is 0.0514. The van der Waals surface area contributed by atoms with Gasteiger partial charge in [0.05, 0.1) is 49.7 Å². The van der Waals surface area contributed by atoms with Crippen LogP contribution in [0.1, 0.15) is 79.2 Å². The third kappa shape index (κ3) is 7.67. The number of piperidine rings is 1. The van der Waals surface area contributed by atoms with Gasteiger partial charge in [-0.05, 0) is 57.0 Å². The molecule has 2 aromatic heterocycles. The van der Waals surface area contributed by atoms with Crippen LogP contribution < -0.4 is 16.0 Å². The van der Waals surface area contributed by atoms with Crippen molar-refractivity contribution in [2.75, 3.05) is 44.8 Å². The molecular formula is C38H39ClN8O7S. The van der Waals surface area contributed by atoms with Gasteiger partial charge in [-0.3, -0.25) is 43.7 Å². The zero-order valence-corrected chi connectivity index (χ0v) is 32.0. The molecule has 5 heterocycles. The third-order valence-corrected chi connectivity index (χ3v) is 11.2. The number of carbonyl (C=O) groups is 5. The zero-order chi connectivity index (χ0) is 38.8. The number of hydrogen-bond acceptors (Lipinski definition) is 12. The number of hydrogen-bond donors (Lipinski definition) is 3. The summed E-state index contributed by atoms with van der Waals surface area (Å²) in [4.78, 5) is 70.7. The normalized spacial score (nSPS) is 17.7. The van der Waals surface area contributed by atoms with Crippen molar-refractivity contribution >= 4 is 63.9 Å². The molecule has 4 aromatic rings. The molecule has 1 fully saturated rings. The van der Waals surface area contributed by atoms with Gasteiger partial charge in [0.1, 0.15) is 22.9 Å². The largest absolute Gasteiger partial charge is 0.382 e. The van der Waals surface area contributed by atoms with Crippen LogP contribution in [0.2, 0.25) is 5.02 Å². The van der Waals surface area contributed by atoms with Gasteiger partial charge in [-0.25, -0.2) is 0 Å². The van der Waals surface area contributed by atoms with Crippen molar-refractivity contribution in [3.8, 4) is 5.00 Å². The Morgan fingerprint density at radius 3 is 2.44 bits per heavy atom. The van der Waals surface area contributed by atoms with Crippen molar-refractivity contribution in [1.29, 1.82) is 0 Å².